The number of carbonyl (C=O) groups excluding carboxylic acids is 1. The van der Waals surface area contributed by atoms with Gasteiger partial charge >= 0.3 is 0 Å². The summed E-state index contributed by atoms with van der Waals surface area (Å²) in [6, 6.07) is 0.121. The molecule has 0 aromatic rings. The third-order valence-electron chi connectivity index (χ3n) is 4.68. The summed E-state index contributed by atoms with van der Waals surface area (Å²) in [7, 11) is -3.42. The zero-order chi connectivity index (χ0) is 15.5. The van der Waals surface area contributed by atoms with Crippen molar-refractivity contribution >= 4 is 39.9 Å². The van der Waals surface area contributed by atoms with Crippen molar-refractivity contribution in [3.63, 3.8) is 0 Å². The molecular weight excluding hydrogens is 344 g/mol. The first-order chi connectivity index (χ1) is 9.90. The van der Waals surface area contributed by atoms with Gasteiger partial charge in [-0.2, -0.15) is 11.8 Å². The van der Waals surface area contributed by atoms with Gasteiger partial charge in [0, 0.05) is 17.5 Å². The van der Waals surface area contributed by atoms with Gasteiger partial charge in [0.2, 0.25) is 5.91 Å². The fraction of sp³-hybridized carbons (Fsp3) is 0.929. The highest BCUT2D eigenvalue weighted by molar-refractivity contribution is 7.99. The standard InChI is InChI=1S/C14H26N2O3S2.ClH/c1-3-20-12-6-4-5-11(12)16-13(17)14(21(2,18)19)7-9-15-10-8-14;/h11-12,15H,3-10H2,1-2H3,(H,16,17);1H. The van der Waals surface area contributed by atoms with Gasteiger partial charge in [-0.25, -0.2) is 8.42 Å². The van der Waals surface area contributed by atoms with Gasteiger partial charge in [-0.15, -0.1) is 12.4 Å². The normalized spacial score (nSPS) is 27.9. The minimum atomic E-state index is -3.42. The zero-order valence-electron chi connectivity index (χ0n) is 13.3. The van der Waals surface area contributed by atoms with E-state index in [1.807, 2.05) is 11.8 Å². The number of carbonyl (C=O) groups is 1. The molecule has 0 bridgehead atoms. The van der Waals surface area contributed by atoms with E-state index in [1.165, 1.54) is 6.26 Å². The lowest BCUT2D eigenvalue weighted by molar-refractivity contribution is -0.125. The van der Waals surface area contributed by atoms with Gasteiger partial charge in [-0.1, -0.05) is 13.3 Å². The molecule has 2 atom stereocenters. The van der Waals surface area contributed by atoms with Crippen molar-refractivity contribution in [1.29, 1.82) is 0 Å². The Bertz CT molecular complexity index is 478. The van der Waals surface area contributed by atoms with E-state index in [-0.39, 0.29) is 24.4 Å². The highest BCUT2D eigenvalue weighted by atomic mass is 35.5. The maximum absolute atomic E-state index is 12.7. The molecule has 1 heterocycles. The number of sulfone groups is 1. The Morgan fingerprint density at radius 1 is 1.32 bits per heavy atom. The first-order valence-electron chi connectivity index (χ1n) is 7.73. The van der Waals surface area contributed by atoms with Crippen molar-refractivity contribution in [2.24, 2.45) is 0 Å². The maximum Gasteiger partial charge on any atom is 0.241 e. The van der Waals surface area contributed by atoms with Crippen LogP contribution >= 0.6 is 24.2 Å². The van der Waals surface area contributed by atoms with Gasteiger partial charge in [0.1, 0.15) is 0 Å². The summed E-state index contributed by atoms with van der Waals surface area (Å²) in [5.74, 6) is 0.748. The number of amides is 1. The van der Waals surface area contributed by atoms with Crippen LogP contribution in [0.4, 0.5) is 0 Å². The maximum atomic E-state index is 12.7. The lowest BCUT2D eigenvalue weighted by Gasteiger charge is -2.36. The number of nitrogens with one attached hydrogen (secondary N) is 2. The molecule has 0 aromatic carbocycles. The Hall–Kier alpha value is 0.0200. The molecule has 0 spiro atoms. The molecule has 1 saturated carbocycles. The SMILES string of the molecule is CCSC1CCCC1NC(=O)C1(S(C)(=O)=O)CCNCC1.Cl. The van der Waals surface area contributed by atoms with E-state index in [0.29, 0.717) is 31.2 Å². The van der Waals surface area contributed by atoms with Crippen LogP contribution in [0.3, 0.4) is 0 Å². The van der Waals surface area contributed by atoms with Crippen molar-refractivity contribution < 1.29 is 13.2 Å². The van der Waals surface area contributed by atoms with Crippen LogP contribution in [-0.4, -0.2) is 55.5 Å². The predicted octanol–water partition coefficient (Wildman–Crippen LogP) is 1.37. The molecule has 0 radical (unpaired) electrons. The van der Waals surface area contributed by atoms with E-state index >= 15 is 0 Å². The molecular formula is C14H27ClN2O3S2. The number of hydrogen-bond acceptors (Lipinski definition) is 5. The van der Waals surface area contributed by atoms with Crippen LogP contribution in [0, 0.1) is 0 Å². The largest absolute Gasteiger partial charge is 0.351 e. The Morgan fingerprint density at radius 3 is 2.50 bits per heavy atom. The second-order valence-corrected chi connectivity index (χ2v) is 9.86. The van der Waals surface area contributed by atoms with Crippen LogP contribution in [0.15, 0.2) is 0 Å². The van der Waals surface area contributed by atoms with Crippen LogP contribution in [-0.2, 0) is 14.6 Å². The molecule has 2 N–H and O–H groups in total. The third-order valence-corrected chi connectivity index (χ3v) is 8.02. The topological polar surface area (TPSA) is 75.3 Å². The van der Waals surface area contributed by atoms with Gasteiger partial charge in [0.15, 0.2) is 14.6 Å². The summed E-state index contributed by atoms with van der Waals surface area (Å²) in [5.41, 5.74) is 0. The molecule has 1 aliphatic carbocycles. The van der Waals surface area contributed by atoms with Crippen LogP contribution in [0.2, 0.25) is 0 Å². The summed E-state index contributed by atoms with van der Waals surface area (Å²) in [6.45, 7) is 3.28. The second kappa shape index (κ2) is 8.22. The molecule has 0 aromatic heterocycles. The van der Waals surface area contributed by atoms with Gasteiger partial charge in [-0.05, 0) is 44.5 Å². The highest BCUT2D eigenvalue weighted by Gasteiger charge is 2.49. The molecule has 2 aliphatic rings. The summed E-state index contributed by atoms with van der Waals surface area (Å²) in [6.07, 6.45) is 5.12. The quantitative estimate of drug-likeness (QED) is 0.764. The molecule has 8 heteroatoms. The molecule has 130 valence electrons. The average Bonchev–Trinajstić information content (AvgIpc) is 2.86. The fourth-order valence-electron chi connectivity index (χ4n) is 3.40. The van der Waals surface area contributed by atoms with Gasteiger partial charge in [0.25, 0.3) is 0 Å². The molecule has 2 fully saturated rings. The monoisotopic (exact) mass is 370 g/mol. The van der Waals surface area contributed by atoms with Crippen molar-refractivity contribution in [2.45, 2.75) is 55.1 Å². The number of rotatable bonds is 5. The molecule has 2 unspecified atom stereocenters. The van der Waals surface area contributed by atoms with Crippen molar-refractivity contribution in [3.05, 3.63) is 0 Å². The number of thioether (sulfide) groups is 1. The van der Waals surface area contributed by atoms with Crippen LogP contribution in [0.5, 0.6) is 0 Å². The van der Waals surface area contributed by atoms with Gasteiger partial charge in [-0.3, -0.25) is 4.79 Å². The average molecular weight is 371 g/mol. The van der Waals surface area contributed by atoms with E-state index < -0.39 is 14.6 Å². The molecule has 2 rings (SSSR count). The Morgan fingerprint density at radius 2 is 1.95 bits per heavy atom. The Balaban J connectivity index is 0.00000242. The van der Waals surface area contributed by atoms with Crippen LogP contribution in [0.1, 0.15) is 39.0 Å². The van der Waals surface area contributed by atoms with E-state index in [1.54, 1.807) is 0 Å². The second-order valence-electron chi connectivity index (χ2n) is 6.02. The van der Waals surface area contributed by atoms with E-state index in [4.69, 9.17) is 0 Å². The first-order valence-corrected chi connectivity index (χ1v) is 10.7. The molecule has 1 saturated heterocycles. The van der Waals surface area contributed by atoms with E-state index in [0.717, 1.165) is 25.0 Å². The van der Waals surface area contributed by atoms with E-state index in [2.05, 4.69) is 17.6 Å². The lowest BCUT2D eigenvalue weighted by atomic mass is 9.95. The Labute approximate surface area is 144 Å². The van der Waals surface area contributed by atoms with Crippen molar-refractivity contribution in [2.75, 3.05) is 25.1 Å². The lowest BCUT2D eigenvalue weighted by Crippen LogP contribution is -2.59. The zero-order valence-corrected chi connectivity index (χ0v) is 15.7. The summed E-state index contributed by atoms with van der Waals surface area (Å²) in [4.78, 5) is 12.7. The molecule has 1 aliphatic heterocycles. The fourth-order valence-corrected chi connectivity index (χ4v) is 5.94. The summed E-state index contributed by atoms with van der Waals surface area (Å²) >= 11 is 1.87. The number of halogens is 1. The summed E-state index contributed by atoms with van der Waals surface area (Å²) in [5, 5.41) is 6.63. The third kappa shape index (κ3) is 4.10. The van der Waals surface area contributed by atoms with E-state index in [9.17, 15) is 13.2 Å². The number of hydrogen-bond donors (Lipinski definition) is 2. The Kier molecular flexibility index (Phi) is 7.49. The predicted molar refractivity (Wildman–Crippen MR) is 94.6 cm³/mol. The minimum absolute atomic E-state index is 0. The van der Waals surface area contributed by atoms with Crippen LogP contribution < -0.4 is 10.6 Å². The first kappa shape index (κ1) is 20.1. The molecule has 22 heavy (non-hydrogen) atoms. The summed E-state index contributed by atoms with van der Waals surface area (Å²) < 4.78 is 23.2. The van der Waals surface area contributed by atoms with Crippen molar-refractivity contribution in [3.8, 4) is 0 Å². The van der Waals surface area contributed by atoms with Crippen LogP contribution in [0.25, 0.3) is 0 Å². The van der Waals surface area contributed by atoms with Gasteiger partial charge < -0.3 is 10.6 Å². The molecule has 5 nitrogen and oxygen atoms in total. The van der Waals surface area contributed by atoms with Gasteiger partial charge in [0.05, 0.1) is 0 Å². The highest BCUT2D eigenvalue weighted by Crippen LogP contribution is 2.32. The van der Waals surface area contributed by atoms with Crippen molar-refractivity contribution in [1.82, 2.24) is 10.6 Å². The smallest absolute Gasteiger partial charge is 0.241 e. The minimum Gasteiger partial charge on any atom is -0.351 e. The molecule has 1 amide bonds. The number of piperidine rings is 1.